The monoisotopic (exact) mass is 497 g/mol. The Morgan fingerprint density at radius 2 is 1.93 bits per heavy atom. The van der Waals surface area contributed by atoms with Crippen LogP contribution in [0.1, 0.15) is 48.0 Å². The Labute approximate surface area is 182 Å². The number of likely N-dealkylation sites (tertiary alicyclic amines) is 1. The van der Waals surface area contributed by atoms with Crippen molar-refractivity contribution in [2.24, 2.45) is 16.8 Å². The van der Waals surface area contributed by atoms with Gasteiger partial charge in [-0.15, -0.1) is 24.0 Å². The highest BCUT2D eigenvalue weighted by Gasteiger charge is 2.31. The van der Waals surface area contributed by atoms with Crippen molar-refractivity contribution in [3.05, 3.63) is 0 Å². The van der Waals surface area contributed by atoms with E-state index in [-0.39, 0.29) is 36.1 Å². The summed E-state index contributed by atoms with van der Waals surface area (Å²) in [5, 5.41) is 9.84. The lowest BCUT2D eigenvalue weighted by atomic mass is 10.0. The number of carbonyl (C=O) groups excluding carboxylic acids is 1. The van der Waals surface area contributed by atoms with Crippen LogP contribution in [0.15, 0.2) is 4.99 Å². The van der Waals surface area contributed by atoms with Crippen molar-refractivity contribution in [2.45, 2.75) is 66.1 Å². The van der Waals surface area contributed by atoms with E-state index in [0.717, 1.165) is 25.5 Å². The molecule has 160 valence electrons. The van der Waals surface area contributed by atoms with E-state index in [0.29, 0.717) is 37.1 Å². The molecule has 1 amide bonds. The fourth-order valence-corrected chi connectivity index (χ4v) is 3.31. The first-order chi connectivity index (χ1) is 12.3. The third-order valence-corrected chi connectivity index (χ3v) is 4.79. The van der Waals surface area contributed by atoms with E-state index in [9.17, 15) is 4.79 Å². The van der Waals surface area contributed by atoms with Crippen molar-refractivity contribution in [3.63, 3.8) is 0 Å². The summed E-state index contributed by atoms with van der Waals surface area (Å²) in [7, 11) is 1.78. The molecule has 1 aliphatic heterocycles. The Morgan fingerprint density at radius 3 is 2.41 bits per heavy atom. The fraction of sp³-hybridized carbons (Fsp3) is 0.895. The maximum atomic E-state index is 11.8. The lowest BCUT2D eigenvalue weighted by Gasteiger charge is -2.24. The van der Waals surface area contributed by atoms with Crippen LogP contribution in [0.4, 0.5) is 4.79 Å². The first kappa shape index (κ1) is 26.2. The molecule has 0 spiro atoms. The molecule has 0 aromatic carbocycles. The zero-order chi connectivity index (χ0) is 19.7. The lowest BCUT2D eigenvalue weighted by Crippen LogP contribution is -2.51. The van der Waals surface area contributed by atoms with E-state index >= 15 is 0 Å². The summed E-state index contributed by atoms with van der Waals surface area (Å²) in [6, 6.07) is 0.939. The third kappa shape index (κ3) is 9.82. The zero-order valence-corrected chi connectivity index (χ0v) is 20.4. The SMILES string of the molecule is CCOC(=O)NC(CNC(=NC)NC1CN(C(C)C)CC1C)CC(C)C.I. The summed E-state index contributed by atoms with van der Waals surface area (Å²) in [5.74, 6) is 1.83. The van der Waals surface area contributed by atoms with E-state index < -0.39 is 0 Å². The Bertz CT molecular complexity index is 459. The highest BCUT2D eigenvalue weighted by molar-refractivity contribution is 14.0. The van der Waals surface area contributed by atoms with Gasteiger partial charge in [-0.1, -0.05) is 20.8 Å². The molecular formula is C19H40IN5O2. The lowest BCUT2D eigenvalue weighted by molar-refractivity contribution is 0.146. The molecule has 0 radical (unpaired) electrons. The number of aliphatic imine (C=N–C) groups is 1. The van der Waals surface area contributed by atoms with Gasteiger partial charge in [0.15, 0.2) is 5.96 Å². The van der Waals surface area contributed by atoms with E-state index in [1.807, 2.05) is 6.92 Å². The Morgan fingerprint density at radius 1 is 1.26 bits per heavy atom. The van der Waals surface area contributed by atoms with E-state index in [2.05, 4.69) is 60.5 Å². The fourth-order valence-electron chi connectivity index (χ4n) is 3.31. The van der Waals surface area contributed by atoms with Gasteiger partial charge in [-0.05, 0) is 39.0 Å². The summed E-state index contributed by atoms with van der Waals surface area (Å²) >= 11 is 0. The van der Waals surface area contributed by atoms with Crippen LogP contribution in [0.2, 0.25) is 0 Å². The van der Waals surface area contributed by atoms with Crippen LogP contribution in [0.25, 0.3) is 0 Å². The molecule has 8 heteroatoms. The van der Waals surface area contributed by atoms with Crippen LogP contribution < -0.4 is 16.0 Å². The smallest absolute Gasteiger partial charge is 0.407 e. The maximum absolute atomic E-state index is 11.8. The van der Waals surface area contributed by atoms with Crippen molar-refractivity contribution in [3.8, 4) is 0 Å². The highest BCUT2D eigenvalue weighted by Crippen LogP contribution is 2.18. The number of alkyl carbamates (subject to hydrolysis) is 1. The highest BCUT2D eigenvalue weighted by atomic mass is 127. The van der Waals surface area contributed by atoms with Gasteiger partial charge in [-0.2, -0.15) is 0 Å². The topological polar surface area (TPSA) is 78.0 Å². The maximum Gasteiger partial charge on any atom is 0.407 e. The van der Waals surface area contributed by atoms with Crippen molar-refractivity contribution >= 4 is 36.0 Å². The Kier molecular flexibility index (Phi) is 13.0. The molecule has 1 saturated heterocycles. The number of guanidine groups is 1. The number of amides is 1. The van der Waals surface area contributed by atoms with E-state index in [4.69, 9.17) is 4.74 Å². The molecule has 0 aromatic rings. The second-order valence-corrected chi connectivity index (χ2v) is 7.92. The molecule has 0 saturated carbocycles. The van der Waals surface area contributed by atoms with Gasteiger partial charge in [0.25, 0.3) is 0 Å². The van der Waals surface area contributed by atoms with Crippen molar-refractivity contribution < 1.29 is 9.53 Å². The number of nitrogens with one attached hydrogen (secondary N) is 3. The zero-order valence-electron chi connectivity index (χ0n) is 18.0. The Hall–Kier alpha value is -0.770. The predicted octanol–water partition coefficient (Wildman–Crippen LogP) is 2.66. The minimum atomic E-state index is -0.361. The number of halogens is 1. The van der Waals surface area contributed by atoms with Gasteiger partial charge in [-0.25, -0.2) is 4.79 Å². The van der Waals surface area contributed by atoms with Crippen LogP contribution in [0.5, 0.6) is 0 Å². The van der Waals surface area contributed by atoms with Gasteiger partial charge in [0, 0.05) is 44.8 Å². The van der Waals surface area contributed by atoms with Gasteiger partial charge < -0.3 is 20.7 Å². The Balaban J connectivity index is 0.00000676. The number of rotatable bonds is 8. The molecular weight excluding hydrogens is 457 g/mol. The first-order valence-corrected chi connectivity index (χ1v) is 9.91. The van der Waals surface area contributed by atoms with Gasteiger partial charge in [-0.3, -0.25) is 9.89 Å². The van der Waals surface area contributed by atoms with Crippen LogP contribution in [0, 0.1) is 11.8 Å². The predicted molar refractivity (Wildman–Crippen MR) is 123 cm³/mol. The molecule has 7 nitrogen and oxygen atoms in total. The second kappa shape index (κ2) is 13.4. The summed E-state index contributed by atoms with van der Waals surface area (Å²) < 4.78 is 5.01. The number of nitrogens with zero attached hydrogens (tertiary/aromatic N) is 2. The molecule has 1 aliphatic rings. The quantitative estimate of drug-likeness (QED) is 0.273. The average molecular weight is 497 g/mol. The van der Waals surface area contributed by atoms with Crippen LogP contribution in [0.3, 0.4) is 0 Å². The molecule has 1 rings (SSSR count). The number of hydrogen-bond donors (Lipinski definition) is 3. The molecule has 1 heterocycles. The van der Waals surface area contributed by atoms with E-state index in [1.165, 1.54) is 0 Å². The second-order valence-electron chi connectivity index (χ2n) is 7.92. The molecule has 3 atom stereocenters. The summed E-state index contributed by atoms with van der Waals surface area (Å²) in [6.07, 6.45) is 0.518. The average Bonchev–Trinajstić information content (AvgIpc) is 2.91. The number of ether oxygens (including phenoxy) is 1. The van der Waals surface area contributed by atoms with Crippen molar-refractivity contribution in [1.82, 2.24) is 20.9 Å². The summed E-state index contributed by atoms with van der Waals surface area (Å²) in [4.78, 5) is 18.6. The molecule has 0 aromatic heterocycles. The van der Waals surface area contributed by atoms with Crippen LogP contribution >= 0.6 is 24.0 Å². The van der Waals surface area contributed by atoms with Crippen LogP contribution in [-0.2, 0) is 4.74 Å². The van der Waals surface area contributed by atoms with Gasteiger partial charge in [0.1, 0.15) is 0 Å². The molecule has 1 fully saturated rings. The minimum absolute atomic E-state index is 0. The largest absolute Gasteiger partial charge is 0.450 e. The van der Waals surface area contributed by atoms with Crippen LogP contribution in [-0.4, -0.2) is 68.4 Å². The molecule has 0 bridgehead atoms. The molecule has 3 N–H and O–H groups in total. The minimum Gasteiger partial charge on any atom is -0.450 e. The van der Waals surface area contributed by atoms with E-state index in [1.54, 1.807) is 7.05 Å². The van der Waals surface area contributed by atoms with Crippen molar-refractivity contribution in [1.29, 1.82) is 0 Å². The summed E-state index contributed by atoms with van der Waals surface area (Å²) in [6.45, 7) is 16.0. The van der Waals surface area contributed by atoms with Crippen molar-refractivity contribution in [2.75, 3.05) is 33.3 Å². The first-order valence-electron chi connectivity index (χ1n) is 9.91. The van der Waals surface area contributed by atoms with Gasteiger partial charge >= 0.3 is 6.09 Å². The third-order valence-electron chi connectivity index (χ3n) is 4.79. The number of carbonyl (C=O) groups is 1. The molecule has 0 aliphatic carbocycles. The number of hydrogen-bond acceptors (Lipinski definition) is 4. The standard InChI is InChI=1S/C19H39N5O2.HI/c1-8-26-19(25)22-16(9-13(2)3)10-21-18(20-7)23-17-12-24(14(4)5)11-15(17)6;/h13-17H,8-12H2,1-7H3,(H,22,25)(H2,20,21,23);1H. The normalized spacial score (nSPS) is 21.7. The molecule has 27 heavy (non-hydrogen) atoms. The molecule has 3 unspecified atom stereocenters. The summed E-state index contributed by atoms with van der Waals surface area (Å²) in [5.41, 5.74) is 0. The van der Waals surface area contributed by atoms with Gasteiger partial charge in [0.2, 0.25) is 0 Å². The van der Waals surface area contributed by atoms with Gasteiger partial charge in [0.05, 0.1) is 6.61 Å².